The molecule has 0 atom stereocenters. The lowest BCUT2D eigenvalue weighted by Crippen LogP contribution is -2.21. The number of nitrogens with zero attached hydrogens (tertiary/aromatic N) is 4. The van der Waals surface area contributed by atoms with Crippen LogP contribution in [0.25, 0.3) is 5.69 Å². The summed E-state index contributed by atoms with van der Waals surface area (Å²) in [6.45, 7) is 0. The second-order valence-corrected chi connectivity index (χ2v) is 2.99. The van der Waals surface area contributed by atoms with Crippen LogP contribution in [0.15, 0.2) is 29.1 Å². The number of benzene rings is 1. The first-order valence-electron chi connectivity index (χ1n) is 4.36. The van der Waals surface area contributed by atoms with Gasteiger partial charge in [-0.05, 0) is 34.7 Å². The van der Waals surface area contributed by atoms with Crippen molar-refractivity contribution in [1.82, 2.24) is 19.8 Å². The number of ether oxygens (including phenoxy) is 1. The molecule has 0 N–H and O–H groups in total. The molecule has 0 spiro atoms. The third-order valence-electron chi connectivity index (χ3n) is 2.04. The van der Waals surface area contributed by atoms with E-state index in [1.807, 2.05) is 0 Å². The third-order valence-corrected chi connectivity index (χ3v) is 2.04. The molecule has 2 rings (SSSR count). The number of hydrogen-bond acceptors (Lipinski definition) is 4. The molecule has 1 aromatic heterocycles. The average molecular weight is 206 g/mol. The Morgan fingerprint density at radius 2 is 1.87 bits per heavy atom. The highest BCUT2D eigenvalue weighted by molar-refractivity contribution is 5.35. The molecule has 0 saturated carbocycles. The van der Waals surface area contributed by atoms with Gasteiger partial charge >= 0.3 is 5.69 Å². The first-order chi connectivity index (χ1) is 7.22. The second-order valence-electron chi connectivity index (χ2n) is 2.99. The molecule has 6 heteroatoms. The first-order valence-corrected chi connectivity index (χ1v) is 4.36. The first kappa shape index (κ1) is 9.45. The van der Waals surface area contributed by atoms with Crippen molar-refractivity contribution in [2.45, 2.75) is 0 Å². The molecule has 0 amide bonds. The van der Waals surface area contributed by atoms with Crippen molar-refractivity contribution >= 4 is 0 Å². The topological polar surface area (TPSA) is 61.9 Å². The van der Waals surface area contributed by atoms with E-state index in [2.05, 4.69) is 10.4 Å². The largest absolute Gasteiger partial charge is 0.497 e. The Labute approximate surface area is 85.7 Å². The normalized spacial score (nSPS) is 10.3. The standard InChI is InChI=1S/C9H10N4O2/c1-12-9(14)13(11-10-12)7-3-5-8(15-2)6-4-7/h3-6H,1-2H3. The van der Waals surface area contributed by atoms with Gasteiger partial charge in [0.1, 0.15) is 5.75 Å². The van der Waals surface area contributed by atoms with Crippen LogP contribution in [0.3, 0.4) is 0 Å². The van der Waals surface area contributed by atoms with E-state index in [1.165, 1.54) is 9.36 Å². The molecule has 0 aliphatic carbocycles. The SMILES string of the molecule is COc1ccc(-n2nnn(C)c2=O)cc1. The molecular weight excluding hydrogens is 196 g/mol. The van der Waals surface area contributed by atoms with E-state index in [0.29, 0.717) is 5.69 Å². The minimum Gasteiger partial charge on any atom is -0.497 e. The van der Waals surface area contributed by atoms with Crippen molar-refractivity contribution in [2.24, 2.45) is 7.05 Å². The quantitative estimate of drug-likeness (QED) is 0.692. The zero-order valence-corrected chi connectivity index (χ0v) is 8.41. The molecule has 0 radical (unpaired) electrons. The van der Waals surface area contributed by atoms with Crippen molar-refractivity contribution in [1.29, 1.82) is 0 Å². The zero-order chi connectivity index (χ0) is 10.8. The number of hydrogen-bond donors (Lipinski definition) is 0. The van der Waals surface area contributed by atoms with E-state index >= 15 is 0 Å². The highest BCUT2D eigenvalue weighted by Gasteiger charge is 2.05. The van der Waals surface area contributed by atoms with Crippen molar-refractivity contribution in [3.05, 3.63) is 34.7 Å². The lowest BCUT2D eigenvalue weighted by Gasteiger charge is -2.00. The van der Waals surface area contributed by atoms with Crippen LogP contribution < -0.4 is 10.4 Å². The van der Waals surface area contributed by atoms with Crippen LogP contribution in [-0.4, -0.2) is 26.9 Å². The molecule has 1 aromatic carbocycles. The summed E-state index contributed by atoms with van der Waals surface area (Å²) >= 11 is 0. The third kappa shape index (κ3) is 1.61. The van der Waals surface area contributed by atoms with Crippen LogP contribution in [-0.2, 0) is 7.05 Å². The fraction of sp³-hybridized carbons (Fsp3) is 0.222. The lowest BCUT2D eigenvalue weighted by molar-refractivity contribution is 0.414. The monoisotopic (exact) mass is 206 g/mol. The molecule has 0 unspecified atom stereocenters. The molecule has 6 nitrogen and oxygen atoms in total. The highest BCUT2D eigenvalue weighted by atomic mass is 16.5. The Morgan fingerprint density at radius 3 is 2.33 bits per heavy atom. The van der Waals surface area contributed by atoms with E-state index in [-0.39, 0.29) is 5.69 Å². The predicted molar refractivity (Wildman–Crippen MR) is 53.2 cm³/mol. The van der Waals surface area contributed by atoms with Gasteiger partial charge in [0.2, 0.25) is 0 Å². The van der Waals surface area contributed by atoms with Gasteiger partial charge in [0, 0.05) is 7.05 Å². The van der Waals surface area contributed by atoms with E-state index < -0.39 is 0 Å². The van der Waals surface area contributed by atoms with Gasteiger partial charge in [0.05, 0.1) is 12.8 Å². The molecule has 0 aliphatic heterocycles. The van der Waals surface area contributed by atoms with Gasteiger partial charge in [0.15, 0.2) is 0 Å². The van der Waals surface area contributed by atoms with Crippen molar-refractivity contribution in [2.75, 3.05) is 7.11 Å². The maximum absolute atomic E-state index is 11.5. The molecule has 15 heavy (non-hydrogen) atoms. The summed E-state index contributed by atoms with van der Waals surface area (Å²) in [4.78, 5) is 11.5. The Hall–Kier alpha value is -2.11. The molecule has 2 aromatic rings. The highest BCUT2D eigenvalue weighted by Crippen LogP contribution is 2.12. The Morgan fingerprint density at radius 1 is 1.20 bits per heavy atom. The molecular formula is C9H10N4O2. The molecule has 0 bridgehead atoms. The summed E-state index contributed by atoms with van der Waals surface area (Å²) in [7, 11) is 3.14. The summed E-state index contributed by atoms with van der Waals surface area (Å²) in [5, 5.41) is 7.34. The fourth-order valence-corrected chi connectivity index (χ4v) is 1.20. The number of aromatic nitrogens is 4. The maximum Gasteiger partial charge on any atom is 0.368 e. The van der Waals surface area contributed by atoms with Gasteiger partial charge < -0.3 is 4.74 Å². The summed E-state index contributed by atoms with van der Waals surface area (Å²) in [6, 6.07) is 7.01. The Balaban J connectivity index is 2.46. The summed E-state index contributed by atoms with van der Waals surface area (Å²) in [5.74, 6) is 0.732. The summed E-state index contributed by atoms with van der Waals surface area (Å²) in [5.41, 5.74) is 0.383. The molecule has 1 heterocycles. The minimum atomic E-state index is -0.278. The van der Waals surface area contributed by atoms with Gasteiger partial charge in [-0.3, -0.25) is 0 Å². The number of methoxy groups -OCH3 is 1. The van der Waals surface area contributed by atoms with E-state index in [0.717, 1.165) is 5.75 Å². The lowest BCUT2D eigenvalue weighted by atomic mass is 10.3. The zero-order valence-electron chi connectivity index (χ0n) is 8.41. The predicted octanol–water partition coefficient (Wildman–Crippen LogP) is -0.0254. The molecule has 0 aliphatic rings. The Bertz CT molecular complexity index is 512. The van der Waals surface area contributed by atoms with Crippen molar-refractivity contribution in [3.8, 4) is 11.4 Å². The van der Waals surface area contributed by atoms with E-state index in [9.17, 15) is 4.79 Å². The van der Waals surface area contributed by atoms with Gasteiger partial charge in [-0.2, -0.15) is 9.36 Å². The number of rotatable bonds is 2. The maximum atomic E-state index is 11.5. The van der Waals surface area contributed by atoms with Gasteiger partial charge in [-0.1, -0.05) is 0 Å². The average Bonchev–Trinajstić information content (AvgIpc) is 2.60. The van der Waals surface area contributed by atoms with Crippen LogP contribution in [0.5, 0.6) is 5.75 Å². The van der Waals surface area contributed by atoms with E-state index in [1.54, 1.807) is 38.4 Å². The smallest absolute Gasteiger partial charge is 0.368 e. The molecule has 78 valence electrons. The van der Waals surface area contributed by atoms with Crippen LogP contribution in [0, 0.1) is 0 Å². The minimum absolute atomic E-state index is 0.278. The van der Waals surface area contributed by atoms with Crippen LogP contribution in [0.4, 0.5) is 0 Å². The van der Waals surface area contributed by atoms with Crippen molar-refractivity contribution < 1.29 is 4.74 Å². The van der Waals surface area contributed by atoms with Crippen LogP contribution in [0.1, 0.15) is 0 Å². The summed E-state index contributed by atoms with van der Waals surface area (Å²) < 4.78 is 7.40. The number of tetrazole rings is 1. The number of aryl methyl sites for hydroxylation is 1. The van der Waals surface area contributed by atoms with Crippen LogP contribution in [0.2, 0.25) is 0 Å². The second kappa shape index (κ2) is 3.56. The fourth-order valence-electron chi connectivity index (χ4n) is 1.20. The van der Waals surface area contributed by atoms with E-state index in [4.69, 9.17) is 4.74 Å². The molecule has 0 fully saturated rings. The van der Waals surface area contributed by atoms with Crippen LogP contribution >= 0.6 is 0 Å². The van der Waals surface area contributed by atoms with Gasteiger partial charge in [0.25, 0.3) is 0 Å². The Kier molecular flexibility index (Phi) is 2.24. The molecule has 0 saturated heterocycles. The van der Waals surface area contributed by atoms with Gasteiger partial charge in [-0.15, -0.1) is 0 Å². The van der Waals surface area contributed by atoms with Crippen molar-refractivity contribution in [3.63, 3.8) is 0 Å². The van der Waals surface area contributed by atoms with Gasteiger partial charge in [-0.25, -0.2) is 4.79 Å². The summed E-state index contributed by atoms with van der Waals surface area (Å²) in [6.07, 6.45) is 0.